The van der Waals surface area contributed by atoms with Crippen LogP contribution in [-0.2, 0) is 6.61 Å². The van der Waals surface area contributed by atoms with Gasteiger partial charge in [0.2, 0.25) is 0 Å². The van der Waals surface area contributed by atoms with E-state index in [1.165, 1.54) is 0 Å². The van der Waals surface area contributed by atoms with Crippen LogP contribution in [0.1, 0.15) is 17.3 Å². The number of nitrogens with one attached hydrogen (secondary N) is 1. The summed E-state index contributed by atoms with van der Waals surface area (Å²) in [6.07, 6.45) is 1.88. The molecule has 7 heteroatoms. The van der Waals surface area contributed by atoms with Gasteiger partial charge >= 0.3 is 6.03 Å². The minimum atomic E-state index is -0.0946. The molecule has 0 radical (unpaired) electrons. The van der Waals surface area contributed by atoms with Crippen molar-refractivity contribution in [3.63, 3.8) is 0 Å². The van der Waals surface area contributed by atoms with Crippen molar-refractivity contribution >= 4 is 11.7 Å². The molecular weight excluding hydrogens is 342 g/mol. The second kappa shape index (κ2) is 7.49. The first-order chi connectivity index (χ1) is 13.2. The number of aryl methyl sites for hydroxylation is 1. The summed E-state index contributed by atoms with van der Waals surface area (Å²) in [5, 5.41) is 11.2. The highest BCUT2D eigenvalue weighted by molar-refractivity contribution is 5.89. The summed E-state index contributed by atoms with van der Waals surface area (Å²) in [4.78, 5) is 14.0. The van der Waals surface area contributed by atoms with Crippen molar-refractivity contribution in [2.24, 2.45) is 0 Å². The van der Waals surface area contributed by atoms with Crippen molar-refractivity contribution in [1.29, 1.82) is 0 Å². The largest absolute Gasteiger partial charge is 0.487 e. The monoisotopic (exact) mass is 363 g/mol. The molecule has 0 bridgehead atoms. The van der Waals surface area contributed by atoms with Crippen LogP contribution in [0, 0.1) is 6.92 Å². The highest BCUT2D eigenvalue weighted by atomic mass is 16.5. The average molecular weight is 363 g/mol. The van der Waals surface area contributed by atoms with Crippen LogP contribution in [0.25, 0.3) is 0 Å². The first-order valence-electron chi connectivity index (χ1n) is 8.88. The van der Waals surface area contributed by atoms with E-state index >= 15 is 0 Å². The maximum atomic E-state index is 12.3. The Hall–Kier alpha value is -3.35. The number of para-hydroxylation sites is 1. The van der Waals surface area contributed by atoms with Crippen molar-refractivity contribution in [3.8, 4) is 5.75 Å². The maximum Gasteiger partial charge on any atom is 0.321 e. The van der Waals surface area contributed by atoms with Crippen LogP contribution in [0.4, 0.5) is 10.5 Å². The Balaban J connectivity index is 1.26. The predicted octanol–water partition coefficient (Wildman–Crippen LogP) is 3.25. The van der Waals surface area contributed by atoms with Crippen LogP contribution in [0.3, 0.4) is 0 Å². The normalized spacial score (nSPS) is 13.9. The Labute approximate surface area is 157 Å². The van der Waals surface area contributed by atoms with Crippen molar-refractivity contribution in [3.05, 3.63) is 72.1 Å². The number of anilines is 1. The van der Waals surface area contributed by atoms with Crippen LogP contribution >= 0.6 is 0 Å². The number of aromatic nitrogens is 3. The second-order valence-corrected chi connectivity index (χ2v) is 6.65. The molecule has 2 heterocycles. The van der Waals surface area contributed by atoms with E-state index < -0.39 is 0 Å². The number of carbonyl (C=O) groups excluding carboxylic acids is 1. The van der Waals surface area contributed by atoms with Gasteiger partial charge in [0.25, 0.3) is 0 Å². The lowest BCUT2D eigenvalue weighted by Crippen LogP contribution is -2.52. The Kier molecular flexibility index (Phi) is 4.74. The van der Waals surface area contributed by atoms with E-state index in [9.17, 15) is 4.79 Å². The second-order valence-electron chi connectivity index (χ2n) is 6.65. The standard InChI is InChI=1S/C20H21N5O2/c1-15-7-9-16(10-8-15)21-20(26)24-12-18(13-24)25-11-17(22-23-25)14-27-19-5-3-2-4-6-19/h2-11,18H,12-14H2,1H3,(H,21,26). The first-order valence-corrected chi connectivity index (χ1v) is 8.88. The number of amides is 2. The molecule has 2 amide bonds. The number of hydrogen-bond donors (Lipinski definition) is 1. The Morgan fingerprint density at radius 2 is 1.89 bits per heavy atom. The zero-order chi connectivity index (χ0) is 18.6. The quantitative estimate of drug-likeness (QED) is 0.755. The number of ether oxygens (including phenoxy) is 1. The lowest BCUT2D eigenvalue weighted by molar-refractivity contribution is 0.127. The summed E-state index contributed by atoms with van der Waals surface area (Å²) >= 11 is 0. The SMILES string of the molecule is Cc1ccc(NC(=O)N2CC(n3cc(COc4ccccc4)nn3)C2)cc1. The number of nitrogens with zero attached hydrogens (tertiary/aromatic N) is 4. The van der Waals surface area contributed by atoms with Gasteiger partial charge in [-0.25, -0.2) is 9.48 Å². The van der Waals surface area contributed by atoms with Crippen LogP contribution in [0.2, 0.25) is 0 Å². The van der Waals surface area contributed by atoms with Gasteiger partial charge in [0.1, 0.15) is 18.1 Å². The fraction of sp³-hybridized carbons (Fsp3) is 0.250. The van der Waals surface area contributed by atoms with Gasteiger partial charge in [-0.2, -0.15) is 0 Å². The lowest BCUT2D eigenvalue weighted by Gasteiger charge is -2.38. The number of likely N-dealkylation sites (tertiary alicyclic amines) is 1. The number of hydrogen-bond acceptors (Lipinski definition) is 4. The third-order valence-electron chi connectivity index (χ3n) is 4.51. The summed E-state index contributed by atoms with van der Waals surface area (Å²) < 4.78 is 7.49. The molecule has 3 aromatic rings. The molecule has 2 aromatic carbocycles. The van der Waals surface area contributed by atoms with Gasteiger partial charge in [0, 0.05) is 18.8 Å². The Bertz CT molecular complexity index is 902. The smallest absolute Gasteiger partial charge is 0.321 e. The van der Waals surface area contributed by atoms with Crippen molar-refractivity contribution < 1.29 is 9.53 Å². The maximum absolute atomic E-state index is 12.3. The van der Waals surface area contributed by atoms with Crippen LogP contribution in [0.5, 0.6) is 5.75 Å². The summed E-state index contributed by atoms with van der Waals surface area (Å²) in [6.45, 7) is 3.61. The number of urea groups is 1. The van der Waals surface area contributed by atoms with Crippen molar-refractivity contribution in [2.75, 3.05) is 18.4 Å². The zero-order valence-corrected chi connectivity index (χ0v) is 15.1. The van der Waals surface area contributed by atoms with Gasteiger partial charge in [-0.3, -0.25) is 0 Å². The topological polar surface area (TPSA) is 72.3 Å². The van der Waals surface area contributed by atoms with E-state index in [-0.39, 0.29) is 12.1 Å². The molecule has 1 aliphatic heterocycles. The number of rotatable bonds is 5. The van der Waals surface area contributed by atoms with Gasteiger partial charge in [-0.05, 0) is 31.2 Å². The molecule has 1 aromatic heterocycles. The van der Waals surface area contributed by atoms with Gasteiger partial charge in [-0.15, -0.1) is 5.10 Å². The fourth-order valence-corrected chi connectivity index (χ4v) is 2.86. The van der Waals surface area contributed by atoms with Gasteiger partial charge in [-0.1, -0.05) is 41.1 Å². The third-order valence-corrected chi connectivity index (χ3v) is 4.51. The molecular formula is C20H21N5O2. The molecule has 1 fully saturated rings. The van der Waals surface area contributed by atoms with E-state index in [1.54, 1.807) is 9.58 Å². The minimum absolute atomic E-state index is 0.0946. The minimum Gasteiger partial charge on any atom is -0.487 e. The zero-order valence-electron chi connectivity index (χ0n) is 15.1. The van der Waals surface area contributed by atoms with Crippen molar-refractivity contribution in [1.82, 2.24) is 19.9 Å². The molecule has 1 saturated heterocycles. The van der Waals surface area contributed by atoms with Crippen molar-refractivity contribution in [2.45, 2.75) is 19.6 Å². The molecule has 0 aliphatic carbocycles. The molecule has 0 atom stereocenters. The number of benzene rings is 2. The summed E-state index contributed by atoms with van der Waals surface area (Å²) in [6, 6.07) is 17.4. The molecule has 1 aliphatic rings. The molecule has 0 saturated carbocycles. The predicted molar refractivity (Wildman–Crippen MR) is 102 cm³/mol. The average Bonchev–Trinajstić information content (AvgIpc) is 3.10. The molecule has 0 unspecified atom stereocenters. The van der Waals surface area contributed by atoms with Crippen LogP contribution in [-0.4, -0.2) is 39.0 Å². The lowest BCUT2D eigenvalue weighted by atomic mass is 10.1. The van der Waals surface area contributed by atoms with Gasteiger partial charge in [0.15, 0.2) is 0 Å². The highest BCUT2D eigenvalue weighted by Crippen LogP contribution is 2.22. The van der Waals surface area contributed by atoms with Gasteiger partial charge in [0.05, 0.1) is 12.2 Å². The molecule has 27 heavy (non-hydrogen) atoms. The summed E-state index contributed by atoms with van der Waals surface area (Å²) in [7, 11) is 0. The molecule has 1 N–H and O–H groups in total. The van der Waals surface area contributed by atoms with E-state index in [4.69, 9.17) is 4.74 Å². The summed E-state index contributed by atoms with van der Waals surface area (Å²) in [5.74, 6) is 0.801. The summed E-state index contributed by atoms with van der Waals surface area (Å²) in [5.41, 5.74) is 2.73. The Morgan fingerprint density at radius 3 is 2.63 bits per heavy atom. The number of carbonyl (C=O) groups is 1. The van der Waals surface area contributed by atoms with Crippen LogP contribution < -0.4 is 10.1 Å². The molecule has 7 nitrogen and oxygen atoms in total. The van der Waals surface area contributed by atoms with Gasteiger partial charge < -0.3 is 15.0 Å². The molecule has 0 spiro atoms. The molecule has 4 rings (SSSR count). The third kappa shape index (κ3) is 4.08. The Morgan fingerprint density at radius 1 is 1.15 bits per heavy atom. The van der Waals surface area contributed by atoms with E-state index in [0.717, 1.165) is 22.7 Å². The fourth-order valence-electron chi connectivity index (χ4n) is 2.86. The molecule has 138 valence electrons. The van der Waals surface area contributed by atoms with E-state index in [0.29, 0.717) is 19.7 Å². The van der Waals surface area contributed by atoms with E-state index in [2.05, 4.69) is 15.6 Å². The van der Waals surface area contributed by atoms with Crippen LogP contribution in [0.15, 0.2) is 60.8 Å². The van der Waals surface area contributed by atoms with E-state index in [1.807, 2.05) is 67.7 Å². The first kappa shape index (κ1) is 17.1. The highest BCUT2D eigenvalue weighted by Gasteiger charge is 2.32.